The second-order valence-electron chi connectivity index (χ2n) is 3.35. The molecule has 8 nitrogen and oxygen atoms in total. The predicted octanol–water partition coefficient (Wildman–Crippen LogP) is -0.588. The molecule has 1 rings (SSSR count). The first-order valence-electron chi connectivity index (χ1n) is 5.12. The molecule has 17 heavy (non-hydrogen) atoms. The van der Waals surface area contributed by atoms with Crippen LogP contribution in [0.15, 0.2) is 0 Å². The van der Waals surface area contributed by atoms with Crippen molar-refractivity contribution in [3.05, 3.63) is 5.82 Å². The summed E-state index contributed by atoms with van der Waals surface area (Å²) >= 11 is 0. The monoisotopic (exact) mass is 241 g/mol. The van der Waals surface area contributed by atoms with Gasteiger partial charge in [0.2, 0.25) is 11.8 Å². The Kier molecular flexibility index (Phi) is 4.44. The zero-order valence-electron chi connectivity index (χ0n) is 9.77. The van der Waals surface area contributed by atoms with Gasteiger partial charge in [-0.3, -0.25) is 14.7 Å². The molecule has 0 aliphatic heterocycles. The van der Waals surface area contributed by atoms with Gasteiger partial charge in [-0.2, -0.15) is 4.98 Å². The molecule has 0 radical (unpaired) electrons. The van der Waals surface area contributed by atoms with Crippen molar-refractivity contribution in [3.63, 3.8) is 0 Å². The first-order valence-corrected chi connectivity index (χ1v) is 5.12. The normalized spacial score (nSPS) is 10.0. The Labute approximate surface area is 98.1 Å². The maximum absolute atomic E-state index is 11.9. The van der Waals surface area contributed by atoms with Gasteiger partial charge in [-0.1, -0.05) is 6.92 Å². The first kappa shape index (κ1) is 12.9. The number of nitrogens with one attached hydrogen (secondary N) is 1. The summed E-state index contributed by atoms with van der Waals surface area (Å²) < 4.78 is 4.51. The number of rotatable bonds is 5. The maximum Gasteiger partial charge on any atom is 0.325 e. The molecule has 0 spiro atoms. The van der Waals surface area contributed by atoms with E-state index < -0.39 is 11.9 Å². The van der Waals surface area contributed by atoms with Gasteiger partial charge in [0, 0.05) is 6.54 Å². The van der Waals surface area contributed by atoms with E-state index in [4.69, 9.17) is 5.73 Å². The van der Waals surface area contributed by atoms with E-state index in [1.54, 1.807) is 0 Å². The number of H-pyrrole nitrogens is 1. The van der Waals surface area contributed by atoms with Gasteiger partial charge in [-0.05, 0) is 6.42 Å². The van der Waals surface area contributed by atoms with Crippen LogP contribution in [0.2, 0.25) is 0 Å². The summed E-state index contributed by atoms with van der Waals surface area (Å²) in [5, 5.41) is 5.96. The highest BCUT2D eigenvalue weighted by atomic mass is 16.5. The number of nitrogen functional groups attached to an aromatic ring is 1. The maximum atomic E-state index is 11.9. The number of nitrogens with two attached hydrogens (primary N) is 1. The van der Waals surface area contributed by atoms with Crippen LogP contribution in [0.3, 0.4) is 0 Å². The van der Waals surface area contributed by atoms with E-state index in [1.165, 1.54) is 12.0 Å². The van der Waals surface area contributed by atoms with Gasteiger partial charge < -0.3 is 15.4 Å². The Morgan fingerprint density at radius 2 is 2.24 bits per heavy atom. The highest BCUT2D eigenvalue weighted by Crippen LogP contribution is 2.02. The van der Waals surface area contributed by atoms with Crippen molar-refractivity contribution in [2.24, 2.45) is 0 Å². The van der Waals surface area contributed by atoms with Gasteiger partial charge in [0.25, 0.3) is 5.91 Å². The van der Waals surface area contributed by atoms with Crippen LogP contribution in [0.5, 0.6) is 0 Å². The number of carbonyl (C=O) groups is 2. The lowest BCUT2D eigenvalue weighted by Gasteiger charge is -2.18. The number of amides is 1. The molecule has 1 aromatic heterocycles. The second-order valence-corrected chi connectivity index (χ2v) is 3.35. The topological polar surface area (TPSA) is 114 Å². The van der Waals surface area contributed by atoms with Crippen LogP contribution in [0, 0.1) is 0 Å². The number of hydrogen-bond donors (Lipinski definition) is 2. The zero-order valence-corrected chi connectivity index (χ0v) is 9.77. The molecule has 0 aliphatic carbocycles. The largest absolute Gasteiger partial charge is 0.468 e. The molecule has 1 heterocycles. The molecule has 0 aromatic carbocycles. The summed E-state index contributed by atoms with van der Waals surface area (Å²) in [5.41, 5.74) is 5.30. The van der Waals surface area contributed by atoms with Crippen molar-refractivity contribution >= 4 is 17.8 Å². The van der Waals surface area contributed by atoms with E-state index in [2.05, 4.69) is 19.9 Å². The molecule has 0 saturated heterocycles. The van der Waals surface area contributed by atoms with E-state index in [1.807, 2.05) is 6.92 Å². The number of nitrogens with zero attached hydrogens (tertiary/aromatic N) is 3. The number of methoxy groups -OCH3 is 1. The fourth-order valence-electron chi connectivity index (χ4n) is 1.26. The molecule has 3 N–H and O–H groups in total. The van der Waals surface area contributed by atoms with Crippen LogP contribution in [0.4, 0.5) is 5.95 Å². The lowest BCUT2D eigenvalue weighted by atomic mass is 10.3. The highest BCUT2D eigenvalue weighted by molar-refractivity contribution is 5.92. The molecule has 0 saturated carbocycles. The minimum atomic E-state index is -0.487. The standard InChI is InChI=1S/C9H15N5O3/c1-3-4-14(5-6(15)17-2)8(16)7-11-9(10)13-12-7/h3-5H2,1-2H3,(H3,10,11,12,13). The number of esters is 1. The third-order valence-corrected chi connectivity index (χ3v) is 2.03. The Morgan fingerprint density at radius 3 is 2.71 bits per heavy atom. The predicted molar refractivity (Wildman–Crippen MR) is 59.0 cm³/mol. The third kappa shape index (κ3) is 3.44. The minimum absolute atomic E-state index is 0.0112. The van der Waals surface area contributed by atoms with Gasteiger partial charge in [0.15, 0.2) is 0 Å². The average Bonchev–Trinajstić information content (AvgIpc) is 2.74. The molecule has 94 valence electrons. The summed E-state index contributed by atoms with van der Waals surface area (Å²) in [6.07, 6.45) is 0.715. The van der Waals surface area contributed by atoms with Gasteiger partial charge in [-0.15, -0.1) is 5.10 Å². The molecule has 0 unspecified atom stereocenters. The molecule has 1 amide bonds. The van der Waals surface area contributed by atoms with Gasteiger partial charge in [0.1, 0.15) is 6.54 Å². The number of aromatic amines is 1. The fourth-order valence-corrected chi connectivity index (χ4v) is 1.26. The number of aromatic nitrogens is 3. The van der Waals surface area contributed by atoms with E-state index in [9.17, 15) is 9.59 Å². The van der Waals surface area contributed by atoms with Crippen molar-refractivity contribution < 1.29 is 14.3 Å². The summed E-state index contributed by atoms with van der Waals surface area (Å²) in [6, 6.07) is 0. The molecule has 0 atom stereocenters. The van der Waals surface area contributed by atoms with Crippen molar-refractivity contribution in [2.45, 2.75) is 13.3 Å². The third-order valence-electron chi connectivity index (χ3n) is 2.03. The quantitative estimate of drug-likeness (QED) is 0.666. The minimum Gasteiger partial charge on any atom is -0.468 e. The average molecular weight is 241 g/mol. The lowest BCUT2D eigenvalue weighted by molar-refractivity contribution is -0.141. The number of hydrogen-bond acceptors (Lipinski definition) is 6. The Bertz CT molecular complexity index is 403. The van der Waals surface area contributed by atoms with Crippen molar-refractivity contribution in [1.29, 1.82) is 0 Å². The zero-order chi connectivity index (χ0) is 12.8. The van der Waals surface area contributed by atoms with Crippen LogP contribution in [0.1, 0.15) is 24.0 Å². The van der Waals surface area contributed by atoms with Crippen LogP contribution >= 0.6 is 0 Å². The van der Waals surface area contributed by atoms with E-state index in [-0.39, 0.29) is 18.3 Å². The Hall–Kier alpha value is -2.12. The van der Waals surface area contributed by atoms with Gasteiger partial charge in [-0.25, -0.2) is 0 Å². The number of anilines is 1. The Morgan fingerprint density at radius 1 is 1.53 bits per heavy atom. The van der Waals surface area contributed by atoms with E-state index in [0.29, 0.717) is 13.0 Å². The smallest absolute Gasteiger partial charge is 0.325 e. The van der Waals surface area contributed by atoms with Gasteiger partial charge >= 0.3 is 5.97 Å². The molecule has 1 aromatic rings. The lowest BCUT2D eigenvalue weighted by Crippen LogP contribution is -2.37. The number of carbonyl (C=O) groups excluding carboxylic acids is 2. The molecule has 0 fully saturated rings. The first-order chi connectivity index (χ1) is 8.08. The van der Waals surface area contributed by atoms with E-state index in [0.717, 1.165) is 0 Å². The number of ether oxygens (including phenoxy) is 1. The van der Waals surface area contributed by atoms with Crippen LogP contribution < -0.4 is 5.73 Å². The highest BCUT2D eigenvalue weighted by Gasteiger charge is 2.21. The van der Waals surface area contributed by atoms with Crippen molar-refractivity contribution in [3.8, 4) is 0 Å². The van der Waals surface area contributed by atoms with Crippen molar-refractivity contribution in [1.82, 2.24) is 20.1 Å². The fraction of sp³-hybridized carbons (Fsp3) is 0.556. The van der Waals surface area contributed by atoms with Crippen molar-refractivity contribution in [2.75, 3.05) is 25.9 Å². The SMILES string of the molecule is CCCN(CC(=O)OC)C(=O)c1nc(N)n[nH]1. The van der Waals surface area contributed by atoms with Gasteiger partial charge in [0.05, 0.1) is 7.11 Å². The second kappa shape index (κ2) is 5.83. The molecular formula is C9H15N5O3. The molecule has 0 bridgehead atoms. The van der Waals surface area contributed by atoms with Crippen LogP contribution in [-0.2, 0) is 9.53 Å². The summed E-state index contributed by atoms with van der Waals surface area (Å²) in [5.74, 6) is -0.913. The van der Waals surface area contributed by atoms with Crippen LogP contribution in [0.25, 0.3) is 0 Å². The van der Waals surface area contributed by atoms with Crippen LogP contribution in [-0.4, -0.2) is 52.2 Å². The summed E-state index contributed by atoms with van der Waals surface area (Å²) in [6.45, 7) is 2.20. The molecule has 8 heteroatoms. The molecular weight excluding hydrogens is 226 g/mol. The summed E-state index contributed by atoms with van der Waals surface area (Å²) in [4.78, 5) is 28.1. The molecule has 0 aliphatic rings. The summed E-state index contributed by atoms with van der Waals surface area (Å²) in [7, 11) is 1.27. The Balaban J connectivity index is 2.76. The van der Waals surface area contributed by atoms with E-state index >= 15 is 0 Å².